The van der Waals surface area contributed by atoms with Gasteiger partial charge in [0.15, 0.2) is 0 Å². The van der Waals surface area contributed by atoms with Gasteiger partial charge >= 0.3 is 0 Å². The van der Waals surface area contributed by atoms with Crippen LogP contribution in [0.1, 0.15) is 36.0 Å². The number of aromatic amines is 1. The quantitative estimate of drug-likeness (QED) is 0.579. The Kier molecular flexibility index (Phi) is 5.62. The van der Waals surface area contributed by atoms with Crippen LogP contribution in [0.25, 0.3) is 11.0 Å². The highest BCUT2D eigenvalue weighted by Gasteiger charge is 2.33. The predicted molar refractivity (Wildman–Crippen MR) is 125 cm³/mol. The first-order valence-electron chi connectivity index (χ1n) is 10.1. The number of H-pyrrole nitrogens is 1. The molecule has 2 aromatic heterocycles. The van der Waals surface area contributed by atoms with Gasteiger partial charge in [-0.15, -0.1) is 23.1 Å². The van der Waals surface area contributed by atoms with E-state index in [2.05, 4.69) is 22.2 Å². The smallest absolute Gasteiger partial charge is 0.234 e. The molecule has 5 rings (SSSR count). The van der Waals surface area contributed by atoms with Gasteiger partial charge in [-0.2, -0.15) is 0 Å². The summed E-state index contributed by atoms with van der Waals surface area (Å²) in [6.45, 7) is 2.15. The number of thiophene rings is 1. The van der Waals surface area contributed by atoms with Crippen LogP contribution in [0.2, 0.25) is 5.02 Å². The third kappa shape index (κ3) is 4.04. The molecule has 8 heteroatoms. The summed E-state index contributed by atoms with van der Waals surface area (Å²) in [7, 11) is 2.17. The Balaban J connectivity index is 1.36. The molecule has 0 radical (unpaired) electrons. The number of aromatic nitrogens is 2. The van der Waals surface area contributed by atoms with Crippen molar-refractivity contribution in [1.82, 2.24) is 20.2 Å². The first kappa shape index (κ1) is 20.1. The molecule has 0 bridgehead atoms. The number of halogens is 1. The van der Waals surface area contributed by atoms with Crippen LogP contribution in [0.5, 0.6) is 0 Å². The summed E-state index contributed by atoms with van der Waals surface area (Å²) in [6.07, 6.45) is 2.98. The molecule has 5 nitrogen and oxygen atoms in total. The number of nitrogens with zero attached hydrogens (tertiary/aromatic N) is 2. The number of benzene rings is 1. The number of rotatable bonds is 4. The van der Waals surface area contributed by atoms with Crippen molar-refractivity contribution >= 4 is 51.6 Å². The molecule has 156 valence electrons. The fraction of sp³-hybridized carbons (Fsp3) is 0.364. The van der Waals surface area contributed by atoms with Crippen LogP contribution < -0.4 is 5.32 Å². The molecule has 2 atom stereocenters. The molecule has 0 saturated heterocycles. The van der Waals surface area contributed by atoms with Crippen LogP contribution in [-0.4, -0.2) is 46.2 Å². The first-order valence-corrected chi connectivity index (χ1v) is 12.3. The van der Waals surface area contributed by atoms with Gasteiger partial charge in [-0.1, -0.05) is 23.2 Å². The van der Waals surface area contributed by atoms with Crippen LogP contribution in [0, 0.1) is 0 Å². The van der Waals surface area contributed by atoms with Gasteiger partial charge in [0.1, 0.15) is 11.9 Å². The van der Waals surface area contributed by atoms with E-state index in [1.807, 2.05) is 35.7 Å². The van der Waals surface area contributed by atoms with Crippen molar-refractivity contribution < 1.29 is 4.79 Å². The van der Waals surface area contributed by atoms with Gasteiger partial charge in [0.05, 0.1) is 16.3 Å². The van der Waals surface area contributed by atoms with Crippen LogP contribution in [-0.2, 0) is 4.79 Å². The van der Waals surface area contributed by atoms with Crippen molar-refractivity contribution in [2.45, 2.75) is 30.6 Å². The van der Waals surface area contributed by atoms with E-state index in [1.165, 1.54) is 10.5 Å². The maximum Gasteiger partial charge on any atom is 0.234 e. The molecule has 2 N–H and O–H groups in total. The molecule has 2 aliphatic rings. The largest absolute Gasteiger partial charge is 0.340 e. The van der Waals surface area contributed by atoms with Gasteiger partial charge < -0.3 is 15.2 Å². The second kappa shape index (κ2) is 8.38. The van der Waals surface area contributed by atoms with Gasteiger partial charge in [0, 0.05) is 23.0 Å². The van der Waals surface area contributed by atoms with Crippen molar-refractivity contribution in [2.24, 2.45) is 0 Å². The summed E-state index contributed by atoms with van der Waals surface area (Å²) < 4.78 is 0. The molecule has 0 aliphatic carbocycles. The lowest BCUT2D eigenvalue weighted by molar-refractivity contribution is -0.121. The molecule has 0 spiro atoms. The van der Waals surface area contributed by atoms with E-state index < -0.39 is 0 Å². The number of carbonyl (C=O) groups is 1. The van der Waals surface area contributed by atoms with Crippen molar-refractivity contribution in [3.05, 3.63) is 61.9 Å². The van der Waals surface area contributed by atoms with E-state index in [-0.39, 0.29) is 17.2 Å². The lowest BCUT2D eigenvalue weighted by Gasteiger charge is -2.19. The molecule has 1 aromatic carbocycles. The van der Waals surface area contributed by atoms with Crippen LogP contribution in [0.4, 0.5) is 0 Å². The fourth-order valence-corrected chi connectivity index (χ4v) is 6.40. The third-order valence-electron chi connectivity index (χ3n) is 5.77. The van der Waals surface area contributed by atoms with E-state index in [9.17, 15) is 4.79 Å². The zero-order valence-corrected chi connectivity index (χ0v) is 19.0. The van der Waals surface area contributed by atoms with E-state index in [0.29, 0.717) is 5.02 Å². The average molecular weight is 459 g/mol. The van der Waals surface area contributed by atoms with Crippen LogP contribution >= 0.6 is 34.7 Å². The zero-order chi connectivity index (χ0) is 20.7. The van der Waals surface area contributed by atoms with E-state index >= 15 is 0 Å². The maximum absolute atomic E-state index is 13.3. The lowest BCUT2D eigenvalue weighted by atomic mass is 10.1. The first-order chi connectivity index (χ1) is 14.6. The van der Waals surface area contributed by atoms with Gasteiger partial charge in [0.2, 0.25) is 5.91 Å². The standard InChI is InChI=1S/C22H23ClN4OS2/c1-27-8-6-13-11-19(30-17(13)7-9-27)22(28)26-20(18-3-2-10-29-18)21-24-15-5-4-14(23)12-16(15)25-21/h2-5,10,12,19-20H,6-9,11H2,1H3,(H,24,25)(H,26,28). The molecule has 2 unspecified atom stereocenters. The molecular formula is C22H23ClN4OS2. The highest BCUT2D eigenvalue weighted by molar-refractivity contribution is 8.04. The highest BCUT2D eigenvalue weighted by Crippen LogP contribution is 2.42. The molecule has 30 heavy (non-hydrogen) atoms. The van der Waals surface area contributed by atoms with Crippen molar-refractivity contribution in [3.8, 4) is 0 Å². The minimum atomic E-state index is -0.296. The Bertz CT molecular complexity index is 1090. The second-order valence-electron chi connectivity index (χ2n) is 7.88. The normalized spacial score (nSPS) is 20.9. The van der Waals surface area contributed by atoms with Gasteiger partial charge in [0.25, 0.3) is 0 Å². The average Bonchev–Trinajstić information content (AvgIpc) is 3.46. The Labute approximate surface area is 188 Å². The van der Waals surface area contributed by atoms with Gasteiger partial charge in [-0.25, -0.2) is 4.98 Å². The predicted octanol–water partition coefficient (Wildman–Crippen LogP) is 4.97. The Hall–Kier alpha value is -1.80. The lowest BCUT2D eigenvalue weighted by Crippen LogP contribution is -2.35. The SMILES string of the molecule is CN1CCC2=C(CC1)SC(C(=O)NC(c1nc3cc(Cl)ccc3[nH]1)c1cccs1)C2. The summed E-state index contributed by atoms with van der Waals surface area (Å²) in [5, 5.41) is 5.90. The maximum atomic E-state index is 13.3. The summed E-state index contributed by atoms with van der Waals surface area (Å²) >= 11 is 9.50. The van der Waals surface area contributed by atoms with Crippen molar-refractivity contribution in [3.63, 3.8) is 0 Å². The van der Waals surface area contributed by atoms with Crippen molar-refractivity contribution in [2.75, 3.05) is 20.1 Å². The van der Waals surface area contributed by atoms with Crippen LogP contribution in [0.15, 0.2) is 46.2 Å². The minimum Gasteiger partial charge on any atom is -0.340 e. The molecule has 1 amide bonds. The molecule has 2 aliphatic heterocycles. The number of hydrogen-bond acceptors (Lipinski definition) is 5. The van der Waals surface area contributed by atoms with Gasteiger partial charge in [-0.3, -0.25) is 4.79 Å². The topological polar surface area (TPSA) is 61.0 Å². The minimum absolute atomic E-state index is 0.0558. The number of imidazole rings is 1. The molecule has 0 saturated carbocycles. The summed E-state index contributed by atoms with van der Waals surface area (Å²) in [4.78, 5) is 26.2. The number of carbonyl (C=O) groups excluding carboxylic acids is 1. The summed E-state index contributed by atoms with van der Waals surface area (Å²) in [5.74, 6) is 0.820. The number of amides is 1. The van der Waals surface area contributed by atoms with Crippen LogP contribution in [0.3, 0.4) is 0 Å². The zero-order valence-electron chi connectivity index (χ0n) is 16.7. The summed E-state index contributed by atoms with van der Waals surface area (Å²) in [6, 6.07) is 9.36. The third-order valence-corrected chi connectivity index (χ3v) is 8.38. The van der Waals surface area contributed by atoms with E-state index in [4.69, 9.17) is 16.6 Å². The molecule has 3 aromatic rings. The molecule has 0 fully saturated rings. The highest BCUT2D eigenvalue weighted by atomic mass is 35.5. The fourth-order valence-electron chi connectivity index (χ4n) is 4.09. The molecule has 4 heterocycles. The number of thioether (sulfide) groups is 1. The number of nitrogens with one attached hydrogen (secondary N) is 2. The number of hydrogen-bond donors (Lipinski definition) is 2. The Morgan fingerprint density at radius 1 is 1.33 bits per heavy atom. The monoisotopic (exact) mass is 458 g/mol. The van der Waals surface area contributed by atoms with Gasteiger partial charge in [-0.05, 0) is 60.9 Å². The molecular weight excluding hydrogens is 436 g/mol. The second-order valence-corrected chi connectivity index (χ2v) is 10.6. The Morgan fingerprint density at radius 2 is 2.20 bits per heavy atom. The van der Waals surface area contributed by atoms with Crippen molar-refractivity contribution in [1.29, 1.82) is 0 Å². The summed E-state index contributed by atoms with van der Waals surface area (Å²) in [5.41, 5.74) is 3.19. The Morgan fingerprint density at radius 3 is 3.03 bits per heavy atom. The number of fused-ring (bicyclic) bond motifs is 1. The van der Waals surface area contributed by atoms with E-state index in [1.54, 1.807) is 23.1 Å². The van der Waals surface area contributed by atoms with E-state index in [0.717, 1.165) is 54.1 Å².